The summed E-state index contributed by atoms with van der Waals surface area (Å²) < 4.78 is 1.80. The van der Waals surface area contributed by atoms with E-state index >= 15 is 0 Å². The third-order valence-electron chi connectivity index (χ3n) is 5.96. The van der Waals surface area contributed by atoms with Crippen molar-refractivity contribution in [1.82, 2.24) is 19.7 Å². The van der Waals surface area contributed by atoms with Gasteiger partial charge in [-0.1, -0.05) is 37.3 Å². The number of benzene rings is 1. The molecule has 30 heavy (non-hydrogen) atoms. The maximum Gasteiger partial charge on any atom is 0.257 e. The number of anilines is 1. The lowest BCUT2D eigenvalue weighted by Gasteiger charge is -2.41. The van der Waals surface area contributed by atoms with E-state index < -0.39 is 0 Å². The molecule has 0 aliphatic carbocycles. The molecule has 1 aromatic carbocycles. The van der Waals surface area contributed by atoms with Crippen LogP contribution in [0.2, 0.25) is 0 Å². The molecule has 0 spiro atoms. The van der Waals surface area contributed by atoms with Gasteiger partial charge in [0.25, 0.3) is 5.91 Å². The number of likely N-dealkylation sites (tertiary alicyclic amines) is 1. The summed E-state index contributed by atoms with van der Waals surface area (Å²) in [6, 6.07) is 10.6. The minimum atomic E-state index is -0.158. The summed E-state index contributed by atoms with van der Waals surface area (Å²) in [5.74, 6) is 0.0694. The fourth-order valence-electron chi connectivity index (χ4n) is 4.18. The lowest BCUT2D eigenvalue weighted by atomic mass is 9.70. The quantitative estimate of drug-likeness (QED) is 0.612. The van der Waals surface area contributed by atoms with Gasteiger partial charge in [0.1, 0.15) is 0 Å². The zero-order valence-electron chi connectivity index (χ0n) is 17.7. The number of hydrogen-bond acceptors (Lipinski definition) is 5. The van der Waals surface area contributed by atoms with Gasteiger partial charge in [-0.15, -0.1) is 11.3 Å². The highest BCUT2D eigenvalue weighted by atomic mass is 32.1. The molecule has 2 aromatic heterocycles. The van der Waals surface area contributed by atoms with E-state index in [4.69, 9.17) is 4.98 Å². The fourth-order valence-corrected chi connectivity index (χ4v) is 5.02. The fraction of sp³-hybridized carbons (Fsp3) is 0.435. The molecule has 3 heterocycles. The van der Waals surface area contributed by atoms with Gasteiger partial charge in [-0.3, -0.25) is 9.48 Å². The average Bonchev–Trinajstić information content (AvgIpc) is 3.48. The van der Waals surface area contributed by atoms with E-state index in [1.807, 2.05) is 18.0 Å². The van der Waals surface area contributed by atoms with Crippen molar-refractivity contribution in [3.05, 3.63) is 64.9 Å². The normalized spacial score (nSPS) is 15.9. The maximum atomic E-state index is 13.0. The smallest absolute Gasteiger partial charge is 0.257 e. The summed E-state index contributed by atoms with van der Waals surface area (Å²) in [6.45, 7) is 7.29. The minimum absolute atomic E-state index is 0.0694. The molecule has 0 radical (unpaired) electrons. The van der Waals surface area contributed by atoms with Gasteiger partial charge in [-0.2, -0.15) is 5.10 Å². The standard InChI is InChI=1S/C23H29N5OS/c1-3-12-24-22-26-20(17-30-22)23(19-8-6-5-7-9-19)10-13-27(14-11-23)21(29)18-15-25-28(4-2)16-18/h5-9,15-17H,3-4,10-14H2,1-2H3,(H,24,26). The van der Waals surface area contributed by atoms with Crippen LogP contribution in [0, 0.1) is 0 Å². The van der Waals surface area contributed by atoms with Gasteiger partial charge in [0.15, 0.2) is 5.13 Å². The molecule has 0 saturated carbocycles. The van der Waals surface area contributed by atoms with Gasteiger partial charge in [-0.05, 0) is 31.7 Å². The summed E-state index contributed by atoms with van der Waals surface area (Å²) in [5, 5.41) is 10.8. The third-order valence-corrected chi connectivity index (χ3v) is 6.76. The molecular formula is C23H29N5OS. The molecule has 1 aliphatic heterocycles. The van der Waals surface area contributed by atoms with E-state index in [1.165, 1.54) is 5.56 Å². The van der Waals surface area contributed by atoms with Crippen LogP contribution in [0.5, 0.6) is 0 Å². The first kappa shape index (κ1) is 20.6. The first-order chi connectivity index (χ1) is 14.7. The van der Waals surface area contributed by atoms with Gasteiger partial charge in [0, 0.05) is 43.2 Å². The van der Waals surface area contributed by atoms with Gasteiger partial charge in [0.05, 0.1) is 17.5 Å². The van der Waals surface area contributed by atoms with Crippen molar-refractivity contribution in [1.29, 1.82) is 0 Å². The van der Waals surface area contributed by atoms with Crippen LogP contribution in [0.1, 0.15) is 54.7 Å². The summed E-state index contributed by atoms with van der Waals surface area (Å²) in [4.78, 5) is 19.9. The summed E-state index contributed by atoms with van der Waals surface area (Å²) in [6.07, 6.45) is 6.32. The van der Waals surface area contributed by atoms with Crippen molar-refractivity contribution >= 4 is 22.4 Å². The van der Waals surface area contributed by atoms with Crippen molar-refractivity contribution in [2.24, 2.45) is 0 Å². The molecule has 1 aliphatic rings. The Hall–Kier alpha value is -2.67. The van der Waals surface area contributed by atoms with Gasteiger partial charge < -0.3 is 10.2 Å². The Labute approximate surface area is 181 Å². The topological polar surface area (TPSA) is 63.1 Å². The van der Waals surface area contributed by atoms with Gasteiger partial charge in [-0.25, -0.2) is 4.98 Å². The Balaban J connectivity index is 1.57. The van der Waals surface area contributed by atoms with E-state index in [-0.39, 0.29) is 11.3 Å². The molecule has 1 saturated heterocycles. The number of aryl methyl sites for hydroxylation is 1. The number of piperidine rings is 1. The monoisotopic (exact) mass is 423 g/mol. The number of rotatable bonds is 7. The molecule has 7 heteroatoms. The SMILES string of the molecule is CCCNc1nc(C2(c3ccccc3)CCN(C(=O)c3cnn(CC)c3)CC2)cs1. The molecule has 158 valence electrons. The van der Waals surface area contributed by atoms with Crippen LogP contribution < -0.4 is 5.32 Å². The second kappa shape index (κ2) is 9.00. The second-order valence-electron chi connectivity index (χ2n) is 7.79. The van der Waals surface area contributed by atoms with Crippen molar-refractivity contribution in [3.63, 3.8) is 0 Å². The van der Waals surface area contributed by atoms with Crippen LogP contribution in [0.3, 0.4) is 0 Å². The maximum absolute atomic E-state index is 13.0. The largest absolute Gasteiger partial charge is 0.362 e. The Morgan fingerprint density at radius 1 is 1.20 bits per heavy atom. The van der Waals surface area contributed by atoms with Crippen LogP contribution >= 0.6 is 11.3 Å². The first-order valence-corrected chi connectivity index (χ1v) is 11.6. The lowest BCUT2D eigenvalue weighted by molar-refractivity contribution is 0.0684. The number of hydrogen-bond donors (Lipinski definition) is 1. The van der Waals surface area contributed by atoms with Crippen molar-refractivity contribution in [2.45, 2.75) is 45.1 Å². The first-order valence-electron chi connectivity index (χ1n) is 10.7. The van der Waals surface area contributed by atoms with Crippen LogP contribution in [0.4, 0.5) is 5.13 Å². The summed E-state index contributed by atoms with van der Waals surface area (Å²) >= 11 is 1.67. The predicted molar refractivity (Wildman–Crippen MR) is 121 cm³/mol. The van der Waals surface area contributed by atoms with Gasteiger partial charge >= 0.3 is 0 Å². The highest BCUT2D eigenvalue weighted by molar-refractivity contribution is 7.13. The molecule has 4 rings (SSSR count). The van der Waals surface area contributed by atoms with Crippen molar-refractivity contribution in [2.75, 3.05) is 25.0 Å². The Morgan fingerprint density at radius 3 is 2.63 bits per heavy atom. The van der Waals surface area contributed by atoms with E-state index in [1.54, 1.807) is 22.2 Å². The van der Waals surface area contributed by atoms with Crippen molar-refractivity contribution in [3.8, 4) is 0 Å². The number of amides is 1. The third kappa shape index (κ3) is 3.99. The number of nitrogens with one attached hydrogen (secondary N) is 1. The number of carbonyl (C=O) groups excluding carboxylic acids is 1. The molecule has 0 atom stereocenters. The highest BCUT2D eigenvalue weighted by Crippen LogP contribution is 2.42. The van der Waals surface area contributed by atoms with E-state index in [2.05, 4.69) is 53.1 Å². The number of carbonyl (C=O) groups is 1. The zero-order chi connectivity index (χ0) is 21.0. The molecule has 3 aromatic rings. The van der Waals surface area contributed by atoms with Crippen LogP contribution in [0.15, 0.2) is 48.1 Å². The van der Waals surface area contributed by atoms with E-state index in [0.29, 0.717) is 18.7 Å². The number of nitrogens with zero attached hydrogens (tertiary/aromatic N) is 4. The Morgan fingerprint density at radius 2 is 1.97 bits per heavy atom. The van der Waals surface area contributed by atoms with E-state index in [0.717, 1.165) is 43.2 Å². The number of aromatic nitrogens is 3. The molecule has 1 N–H and O–H groups in total. The summed E-state index contributed by atoms with van der Waals surface area (Å²) in [7, 11) is 0. The Bertz CT molecular complexity index is 972. The van der Waals surface area contributed by atoms with Crippen LogP contribution in [0.25, 0.3) is 0 Å². The molecule has 0 unspecified atom stereocenters. The Kier molecular flexibility index (Phi) is 6.18. The highest BCUT2D eigenvalue weighted by Gasteiger charge is 2.41. The second-order valence-corrected chi connectivity index (χ2v) is 8.65. The van der Waals surface area contributed by atoms with Gasteiger partial charge in [0.2, 0.25) is 0 Å². The zero-order valence-corrected chi connectivity index (χ0v) is 18.5. The van der Waals surface area contributed by atoms with Crippen LogP contribution in [-0.2, 0) is 12.0 Å². The molecule has 1 amide bonds. The average molecular weight is 424 g/mol. The minimum Gasteiger partial charge on any atom is -0.362 e. The number of thiazole rings is 1. The molecule has 1 fully saturated rings. The molecule has 6 nitrogen and oxygen atoms in total. The summed E-state index contributed by atoms with van der Waals surface area (Å²) in [5.41, 5.74) is 2.91. The van der Waals surface area contributed by atoms with E-state index in [9.17, 15) is 4.79 Å². The van der Waals surface area contributed by atoms with Crippen molar-refractivity contribution < 1.29 is 4.79 Å². The molecular weight excluding hydrogens is 394 g/mol. The lowest BCUT2D eigenvalue weighted by Crippen LogP contribution is -2.46. The van der Waals surface area contributed by atoms with Crippen LogP contribution in [-0.4, -0.2) is 45.2 Å². The predicted octanol–water partition coefficient (Wildman–Crippen LogP) is 4.40. The molecule has 0 bridgehead atoms.